The molecule has 0 radical (unpaired) electrons. The minimum absolute atomic E-state index is 0.692. The van der Waals surface area contributed by atoms with Gasteiger partial charge >= 0.3 is 0 Å². The topological polar surface area (TPSA) is 43.8 Å². The average molecular weight is 320 g/mol. The number of rotatable bonds is 0. The van der Waals surface area contributed by atoms with Gasteiger partial charge < -0.3 is 5.84 Å². The second-order valence-corrected chi connectivity index (χ2v) is 3.64. The summed E-state index contributed by atoms with van der Waals surface area (Å²) in [5.41, 5.74) is 0. The van der Waals surface area contributed by atoms with Crippen molar-refractivity contribution >= 4 is 47.8 Å². The minimum atomic E-state index is 0.692. The first-order valence-corrected chi connectivity index (χ1v) is 4.35. The van der Waals surface area contributed by atoms with Crippen LogP contribution in [0.4, 0.5) is 0 Å². The fourth-order valence-corrected chi connectivity index (χ4v) is 1.52. The Morgan fingerprint density at radius 3 is 2.00 bits per heavy atom. The van der Waals surface area contributed by atoms with Gasteiger partial charge in [-0.15, -0.1) is 5.10 Å². The molecule has 6 heteroatoms. The molecule has 0 bridgehead atoms. The van der Waals surface area contributed by atoms with Crippen molar-refractivity contribution in [1.82, 2.24) is 9.89 Å². The van der Waals surface area contributed by atoms with Crippen LogP contribution in [-0.4, -0.2) is 9.89 Å². The van der Waals surface area contributed by atoms with E-state index in [0.29, 0.717) is 4.60 Å². The lowest BCUT2D eigenvalue weighted by Crippen LogP contribution is -2.09. The van der Waals surface area contributed by atoms with E-state index < -0.39 is 0 Å². The molecule has 0 aromatic carbocycles. The Morgan fingerprint density at radius 1 is 1.33 bits per heavy atom. The molecule has 0 aliphatic carbocycles. The fraction of sp³-hybridized carbons (Fsp3) is 0. The third kappa shape index (κ3) is 1.30. The van der Waals surface area contributed by atoms with Gasteiger partial charge in [0.1, 0.15) is 9.21 Å². The highest BCUT2D eigenvalue weighted by Crippen LogP contribution is 2.28. The van der Waals surface area contributed by atoms with E-state index in [-0.39, 0.29) is 0 Å². The van der Waals surface area contributed by atoms with E-state index in [4.69, 9.17) is 5.84 Å². The van der Waals surface area contributed by atoms with Gasteiger partial charge in [0, 0.05) is 0 Å². The second kappa shape index (κ2) is 2.59. The minimum Gasteiger partial charge on any atom is -0.322 e. The van der Waals surface area contributed by atoms with E-state index in [0.717, 1.165) is 9.08 Å². The van der Waals surface area contributed by atoms with E-state index in [9.17, 15) is 0 Å². The van der Waals surface area contributed by atoms with Gasteiger partial charge in [0.05, 0.1) is 4.47 Å². The van der Waals surface area contributed by atoms with Crippen LogP contribution in [-0.2, 0) is 0 Å². The molecule has 0 fully saturated rings. The van der Waals surface area contributed by atoms with E-state index in [1.807, 2.05) is 0 Å². The third-order valence-corrected chi connectivity index (χ3v) is 3.89. The van der Waals surface area contributed by atoms with Crippen LogP contribution in [0.3, 0.4) is 0 Å². The van der Waals surface area contributed by atoms with Gasteiger partial charge in [-0.1, -0.05) is 0 Å². The number of aromatic nitrogens is 2. The van der Waals surface area contributed by atoms with Crippen molar-refractivity contribution in [3.63, 3.8) is 0 Å². The first kappa shape index (κ1) is 7.56. The van der Waals surface area contributed by atoms with Crippen LogP contribution in [0.2, 0.25) is 0 Å². The van der Waals surface area contributed by atoms with Crippen molar-refractivity contribution in [2.45, 2.75) is 0 Å². The highest BCUT2D eigenvalue weighted by atomic mass is 79.9. The highest BCUT2D eigenvalue weighted by molar-refractivity contribution is 9.14. The van der Waals surface area contributed by atoms with Gasteiger partial charge in [-0.3, -0.25) is 0 Å². The molecular formula is C3H2Br3N3. The monoisotopic (exact) mass is 317 g/mol. The maximum atomic E-state index is 5.34. The number of nitrogens with two attached hydrogens (primary N) is 1. The largest absolute Gasteiger partial charge is 0.322 e. The molecule has 0 spiro atoms. The van der Waals surface area contributed by atoms with Crippen LogP contribution in [0.1, 0.15) is 0 Å². The molecule has 0 saturated heterocycles. The lowest BCUT2D eigenvalue weighted by atomic mass is 10.8. The zero-order chi connectivity index (χ0) is 7.02. The van der Waals surface area contributed by atoms with Crippen molar-refractivity contribution < 1.29 is 0 Å². The van der Waals surface area contributed by atoms with E-state index >= 15 is 0 Å². The van der Waals surface area contributed by atoms with E-state index in [1.165, 1.54) is 4.79 Å². The molecule has 3 nitrogen and oxygen atoms in total. The van der Waals surface area contributed by atoms with Gasteiger partial charge in [-0.25, -0.2) is 0 Å². The summed E-state index contributed by atoms with van der Waals surface area (Å²) in [5, 5.41) is 3.83. The summed E-state index contributed by atoms with van der Waals surface area (Å²) in [4.78, 5) is 1.23. The Labute approximate surface area is 77.0 Å². The van der Waals surface area contributed by atoms with E-state index in [1.54, 1.807) is 0 Å². The standard InChI is InChI=1S/C3H2Br3N3/c4-1-2(5)8-9(7)3(1)6/h7H2. The maximum Gasteiger partial charge on any atom is 0.145 e. The Hall–Kier alpha value is 0.450. The van der Waals surface area contributed by atoms with Crippen LogP contribution >= 0.6 is 47.8 Å². The van der Waals surface area contributed by atoms with Crippen molar-refractivity contribution in [2.75, 3.05) is 5.84 Å². The van der Waals surface area contributed by atoms with Crippen LogP contribution in [0.5, 0.6) is 0 Å². The zero-order valence-electron chi connectivity index (χ0n) is 4.11. The van der Waals surface area contributed by atoms with Crippen molar-refractivity contribution in [3.05, 3.63) is 13.7 Å². The Bertz CT molecular complexity index is 208. The average Bonchev–Trinajstić information content (AvgIpc) is 1.98. The van der Waals surface area contributed by atoms with Crippen LogP contribution in [0, 0.1) is 0 Å². The lowest BCUT2D eigenvalue weighted by Gasteiger charge is -1.87. The SMILES string of the molecule is Nn1nc(Br)c(Br)c1Br. The molecule has 0 saturated carbocycles. The number of halogens is 3. The summed E-state index contributed by atoms with van der Waals surface area (Å²) in [7, 11) is 0. The molecule has 1 aromatic rings. The van der Waals surface area contributed by atoms with Crippen LogP contribution in [0.15, 0.2) is 13.7 Å². The smallest absolute Gasteiger partial charge is 0.145 e. The molecule has 0 aliphatic heterocycles. The van der Waals surface area contributed by atoms with Gasteiger partial charge in [0.25, 0.3) is 0 Å². The zero-order valence-corrected chi connectivity index (χ0v) is 8.86. The molecule has 1 aromatic heterocycles. The van der Waals surface area contributed by atoms with Gasteiger partial charge in [0.2, 0.25) is 0 Å². The Morgan fingerprint density at radius 2 is 1.89 bits per heavy atom. The van der Waals surface area contributed by atoms with Crippen LogP contribution in [0.25, 0.3) is 0 Å². The highest BCUT2D eigenvalue weighted by Gasteiger charge is 2.07. The lowest BCUT2D eigenvalue weighted by molar-refractivity contribution is 0.804. The number of hydrogen-bond donors (Lipinski definition) is 1. The number of nitrogen functional groups attached to an aromatic ring is 1. The van der Waals surface area contributed by atoms with E-state index in [2.05, 4.69) is 52.9 Å². The summed E-state index contributed by atoms with van der Waals surface area (Å²) in [6.07, 6.45) is 0. The predicted molar refractivity (Wildman–Crippen MR) is 45.5 cm³/mol. The predicted octanol–water partition coefficient (Wildman–Crippen LogP) is 1.88. The van der Waals surface area contributed by atoms with Crippen molar-refractivity contribution in [2.24, 2.45) is 0 Å². The molecule has 9 heavy (non-hydrogen) atoms. The Kier molecular flexibility index (Phi) is 2.18. The molecule has 2 N–H and O–H groups in total. The molecular weight excluding hydrogens is 318 g/mol. The van der Waals surface area contributed by atoms with Gasteiger partial charge in [-0.05, 0) is 47.8 Å². The number of nitrogens with zero attached hydrogens (tertiary/aromatic N) is 2. The van der Waals surface area contributed by atoms with Crippen LogP contribution < -0.4 is 5.84 Å². The molecule has 0 aliphatic rings. The molecule has 50 valence electrons. The first-order chi connectivity index (χ1) is 4.13. The molecule has 0 atom stereocenters. The third-order valence-electron chi connectivity index (χ3n) is 0.759. The normalized spacial score (nSPS) is 10.1. The van der Waals surface area contributed by atoms with Gasteiger partial charge in [-0.2, -0.15) is 4.79 Å². The number of hydrogen-bond acceptors (Lipinski definition) is 2. The summed E-state index contributed by atoms with van der Waals surface area (Å²) in [6, 6.07) is 0. The van der Waals surface area contributed by atoms with Crippen molar-refractivity contribution in [3.8, 4) is 0 Å². The second-order valence-electron chi connectivity index (χ2n) is 1.34. The molecule has 0 amide bonds. The molecule has 0 unspecified atom stereocenters. The fourth-order valence-electron chi connectivity index (χ4n) is 0.368. The molecule has 1 heterocycles. The summed E-state index contributed by atoms with van der Waals surface area (Å²) >= 11 is 9.62. The summed E-state index contributed by atoms with van der Waals surface area (Å²) in [5.74, 6) is 5.34. The first-order valence-electron chi connectivity index (χ1n) is 1.97. The molecule has 1 rings (SSSR count). The van der Waals surface area contributed by atoms with Crippen molar-refractivity contribution in [1.29, 1.82) is 0 Å². The summed E-state index contributed by atoms with van der Waals surface area (Å²) < 4.78 is 2.23. The van der Waals surface area contributed by atoms with Gasteiger partial charge in [0.15, 0.2) is 0 Å². The Balaban J connectivity index is 3.29. The maximum absolute atomic E-state index is 5.34. The quantitative estimate of drug-likeness (QED) is 0.742. The summed E-state index contributed by atoms with van der Waals surface area (Å²) in [6.45, 7) is 0.